The molecule has 5 heteroatoms. The molecule has 4 rings (SSSR count). The summed E-state index contributed by atoms with van der Waals surface area (Å²) in [5.41, 5.74) is 3.77. The molecule has 1 N–H and O–H groups in total. The molecule has 1 aliphatic rings. The van der Waals surface area contributed by atoms with Crippen LogP contribution in [0.3, 0.4) is 0 Å². The van der Waals surface area contributed by atoms with E-state index in [4.69, 9.17) is 9.84 Å². The van der Waals surface area contributed by atoms with Crippen LogP contribution in [0.1, 0.15) is 15.9 Å². The smallest absolute Gasteiger partial charge is 0.335 e. The van der Waals surface area contributed by atoms with Crippen molar-refractivity contribution in [2.24, 2.45) is 0 Å². The van der Waals surface area contributed by atoms with Gasteiger partial charge in [0, 0.05) is 17.8 Å². The van der Waals surface area contributed by atoms with E-state index in [9.17, 15) is 4.79 Å². The van der Waals surface area contributed by atoms with E-state index in [1.807, 2.05) is 23.5 Å². The van der Waals surface area contributed by atoms with Gasteiger partial charge in [-0.15, -0.1) is 11.3 Å². The third-order valence-electron chi connectivity index (χ3n) is 4.67. The summed E-state index contributed by atoms with van der Waals surface area (Å²) in [6.45, 7) is 5.64. The molecule has 0 atom stereocenters. The minimum atomic E-state index is -0.897. The Hall–Kier alpha value is -2.37. The summed E-state index contributed by atoms with van der Waals surface area (Å²) >= 11 is 1.83. The molecule has 128 valence electrons. The number of carbonyl (C=O) groups is 1. The molecule has 0 bridgehead atoms. The van der Waals surface area contributed by atoms with Crippen LogP contribution in [0.5, 0.6) is 0 Å². The molecule has 4 nitrogen and oxygen atoms in total. The minimum Gasteiger partial charge on any atom is -0.478 e. The topological polar surface area (TPSA) is 49.8 Å². The first-order valence-electron chi connectivity index (χ1n) is 8.33. The molecule has 1 saturated heterocycles. The number of thiophene rings is 1. The zero-order valence-corrected chi connectivity index (χ0v) is 14.8. The zero-order chi connectivity index (χ0) is 17.4. The number of morpholine rings is 1. The molecular formula is C20H19NO3S. The van der Waals surface area contributed by atoms with Crippen molar-refractivity contribution in [3.63, 3.8) is 0 Å². The highest BCUT2D eigenvalue weighted by molar-refractivity contribution is 7.23. The number of aryl methyl sites for hydroxylation is 1. The Morgan fingerprint density at radius 3 is 2.44 bits per heavy atom. The van der Waals surface area contributed by atoms with Gasteiger partial charge in [0.05, 0.1) is 23.8 Å². The normalized spacial score (nSPS) is 14.8. The van der Waals surface area contributed by atoms with Gasteiger partial charge in [0.25, 0.3) is 0 Å². The van der Waals surface area contributed by atoms with E-state index in [0.29, 0.717) is 5.56 Å². The maximum absolute atomic E-state index is 11.0. The van der Waals surface area contributed by atoms with Crippen molar-refractivity contribution in [3.8, 4) is 11.1 Å². The van der Waals surface area contributed by atoms with Gasteiger partial charge in [0.15, 0.2) is 0 Å². The highest BCUT2D eigenvalue weighted by atomic mass is 32.1. The molecule has 2 heterocycles. The summed E-state index contributed by atoms with van der Waals surface area (Å²) in [4.78, 5) is 13.4. The second-order valence-corrected chi connectivity index (χ2v) is 7.26. The van der Waals surface area contributed by atoms with Crippen molar-refractivity contribution >= 4 is 32.4 Å². The number of benzene rings is 2. The van der Waals surface area contributed by atoms with E-state index in [1.54, 1.807) is 12.1 Å². The van der Waals surface area contributed by atoms with Crippen molar-refractivity contribution < 1.29 is 14.6 Å². The predicted octanol–water partition coefficient (Wildman–Crippen LogP) is 4.41. The molecule has 25 heavy (non-hydrogen) atoms. The Labute approximate surface area is 150 Å². The fourth-order valence-corrected chi connectivity index (χ4v) is 4.50. The Kier molecular flexibility index (Phi) is 4.19. The molecule has 2 aromatic carbocycles. The lowest BCUT2D eigenvalue weighted by Crippen LogP contribution is -2.35. The van der Waals surface area contributed by atoms with Crippen LogP contribution < -0.4 is 4.90 Å². The molecule has 0 amide bonds. The molecule has 0 radical (unpaired) electrons. The van der Waals surface area contributed by atoms with Gasteiger partial charge >= 0.3 is 5.97 Å². The van der Waals surface area contributed by atoms with E-state index in [-0.39, 0.29) is 0 Å². The first-order chi connectivity index (χ1) is 12.1. The van der Waals surface area contributed by atoms with Crippen LogP contribution in [-0.2, 0) is 4.74 Å². The number of anilines is 1. The third kappa shape index (κ3) is 3.01. The summed E-state index contributed by atoms with van der Waals surface area (Å²) < 4.78 is 6.74. The lowest BCUT2D eigenvalue weighted by molar-refractivity contribution is 0.0697. The number of rotatable bonds is 3. The molecule has 0 aliphatic carbocycles. The summed E-state index contributed by atoms with van der Waals surface area (Å²) in [7, 11) is 0. The van der Waals surface area contributed by atoms with Gasteiger partial charge in [-0.3, -0.25) is 0 Å². The fourth-order valence-electron chi connectivity index (χ4n) is 3.26. The fraction of sp³-hybridized carbons (Fsp3) is 0.250. The number of aromatic carboxylic acids is 1. The number of carboxylic acid groups (broad SMARTS) is 1. The minimum absolute atomic E-state index is 0.311. The van der Waals surface area contributed by atoms with Crippen LogP contribution in [0, 0.1) is 6.92 Å². The van der Waals surface area contributed by atoms with E-state index in [0.717, 1.165) is 37.4 Å². The van der Waals surface area contributed by atoms with Crippen LogP contribution in [0.4, 0.5) is 5.00 Å². The highest BCUT2D eigenvalue weighted by Gasteiger charge is 2.18. The lowest BCUT2D eigenvalue weighted by atomic mass is 10.0. The van der Waals surface area contributed by atoms with Gasteiger partial charge in [-0.05, 0) is 53.3 Å². The molecule has 0 spiro atoms. The van der Waals surface area contributed by atoms with Crippen molar-refractivity contribution in [1.82, 2.24) is 0 Å². The highest BCUT2D eigenvalue weighted by Crippen LogP contribution is 2.39. The Morgan fingerprint density at radius 2 is 1.76 bits per heavy atom. The molecule has 1 fully saturated rings. The standard InChI is InChI=1S/C20H19NO3S/c1-13-17-12-16(14-2-4-15(5-3-14)20(22)23)6-7-18(17)25-19(13)21-8-10-24-11-9-21/h2-7,12H,8-11H2,1H3,(H,22,23). The average Bonchev–Trinajstić information content (AvgIpc) is 2.99. The second kappa shape index (κ2) is 6.50. The maximum Gasteiger partial charge on any atom is 0.335 e. The SMILES string of the molecule is Cc1c(N2CCOCC2)sc2ccc(-c3ccc(C(=O)O)cc3)cc12. The first-order valence-corrected chi connectivity index (χ1v) is 9.15. The Bertz CT molecular complexity index is 924. The largest absolute Gasteiger partial charge is 0.478 e. The van der Waals surface area contributed by atoms with E-state index in [1.165, 1.54) is 20.7 Å². The van der Waals surface area contributed by atoms with Gasteiger partial charge in [0.2, 0.25) is 0 Å². The second-order valence-electron chi connectivity index (χ2n) is 6.23. The van der Waals surface area contributed by atoms with Crippen molar-refractivity contribution in [1.29, 1.82) is 0 Å². The van der Waals surface area contributed by atoms with E-state index in [2.05, 4.69) is 30.0 Å². The van der Waals surface area contributed by atoms with Gasteiger partial charge in [-0.25, -0.2) is 4.79 Å². The van der Waals surface area contributed by atoms with Gasteiger partial charge in [-0.2, -0.15) is 0 Å². The quantitative estimate of drug-likeness (QED) is 0.758. The van der Waals surface area contributed by atoms with Crippen molar-refractivity contribution in [2.45, 2.75) is 6.92 Å². The van der Waals surface area contributed by atoms with Gasteiger partial charge in [-0.1, -0.05) is 18.2 Å². The van der Waals surface area contributed by atoms with Crippen LogP contribution in [0.25, 0.3) is 21.2 Å². The average molecular weight is 353 g/mol. The maximum atomic E-state index is 11.0. The molecule has 0 unspecified atom stereocenters. The molecule has 1 aliphatic heterocycles. The summed E-state index contributed by atoms with van der Waals surface area (Å²) in [6, 6.07) is 13.5. The van der Waals surface area contributed by atoms with Gasteiger partial charge < -0.3 is 14.7 Å². The first kappa shape index (κ1) is 16.1. The van der Waals surface area contributed by atoms with Crippen molar-refractivity contribution in [3.05, 3.63) is 53.6 Å². The Balaban J connectivity index is 1.72. The monoisotopic (exact) mass is 353 g/mol. The molecule has 0 saturated carbocycles. The van der Waals surface area contributed by atoms with Gasteiger partial charge in [0.1, 0.15) is 0 Å². The summed E-state index contributed by atoms with van der Waals surface area (Å²) in [5.74, 6) is -0.897. The third-order valence-corrected chi connectivity index (χ3v) is 6.01. The van der Waals surface area contributed by atoms with E-state index < -0.39 is 5.97 Å². The lowest BCUT2D eigenvalue weighted by Gasteiger charge is -2.28. The van der Waals surface area contributed by atoms with Crippen LogP contribution in [0.2, 0.25) is 0 Å². The van der Waals surface area contributed by atoms with Crippen molar-refractivity contribution in [2.75, 3.05) is 31.2 Å². The number of carboxylic acids is 1. The number of ether oxygens (including phenoxy) is 1. The Morgan fingerprint density at radius 1 is 1.08 bits per heavy atom. The van der Waals surface area contributed by atoms with E-state index >= 15 is 0 Å². The molecular weight excluding hydrogens is 334 g/mol. The summed E-state index contributed by atoms with van der Waals surface area (Å²) in [5, 5.41) is 11.6. The molecule has 1 aromatic heterocycles. The summed E-state index contributed by atoms with van der Waals surface area (Å²) in [6.07, 6.45) is 0. The van der Waals surface area contributed by atoms with Crippen LogP contribution in [-0.4, -0.2) is 37.4 Å². The zero-order valence-electron chi connectivity index (χ0n) is 14.0. The number of hydrogen-bond acceptors (Lipinski definition) is 4. The predicted molar refractivity (Wildman–Crippen MR) is 102 cm³/mol. The molecule has 3 aromatic rings. The number of fused-ring (bicyclic) bond motifs is 1. The van der Waals surface area contributed by atoms with Crippen LogP contribution >= 0.6 is 11.3 Å². The van der Waals surface area contributed by atoms with Crippen LogP contribution in [0.15, 0.2) is 42.5 Å². The number of hydrogen-bond donors (Lipinski definition) is 1. The number of nitrogens with zero attached hydrogens (tertiary/aromatic N) is 1.